The standard InChI is InChI=1S/C25H24N8OS/c1-15-6-8-17(11-26-15)12-28-25(34)19-10-20(33-23(29-30-31-33)18-4-3-5-18)24-27-13-21(32(24)14-19)22-9-7-16(2)35-22/h6-11,13-14,18H,3-5,12H2,1-2H3,(H,28,34). The third-order valence-electron chi connectivity index (χ3n) is 6.46. The molecular formula is C25H24N8OS. The van der Waals surface area contributed by atoms with Crippen LogP contribution in [0.15, 0.2) is 48.9 Å². The SMILES string of the molecule is Cc1ccc(CNC(=O)c2cc(-n3nnnc3C3CCC3)c3ncc(-c4ccc(C)s4)n3c2)cn1. The molecule has 1 N–H and O–H groups in total. The van der Waals surface area contributed by atoms with E-state index in [0.717, 1.165) is 40.5 Å². The molecule has 0 saturated heterocycles. The molecule has 1 saturated carbocycles. The van der Waals surface area contributed by atoms with Crippen molar-refractivity contribution in [3.8, 4) is 16.3 Å². The lowest BCUT2D eigenvalue weighted by atomic mass is 9.85. The zero-order valence-electron chi connectivity index (χ0n) is 19.5. The molecule has 0 radical (unpaired) electrons. The number of amides is 1. The highest BCUT2D eigenvalue weighted by Crippen LogP contribution is 2.36. The van der Waals surface area contributed by atoms with Crippen LogP contribution in [-0.2, 0) is 6.54 Å². The Kier molecular flexibility index (Phi) is 5.37. The van der Waals surface area contributed by atoms with E-state index in [9.17, 15) is 4.79 Å². The molecule has 1 aliphatic carbocycles. The first-order valence-corrected chi connectivity index (χ1v) is 12.4. The molecule has 0 unspecified atom stereocenters. The predicted molar refractivity (Wildman–Crippen MR) is 133 cm³/mol. The molecule has 0 spiro atoms. The summed E-state index contributed by atoms with van der Waals surface area (Å²) in [6.07, 6.45) is 8.77. The first-order valence-electron chi connectivity index (χ1n) is 11.6. The van der Waals surface area contributed by atoms with Crippen LogP contribution in [0.4, 0.5) is 0 Å². The summed E-state index contributed by atoms with van der Waals surface area (Å²) in [4.78, 5) is 24.6. The minimum absolute atomic E-state index is 0.186. The number of hydrogen-bond donors (Lipinski definition) is 1. The van der Waals surface area contributed by atoms with Gasteiger partial charge in [-0.15, -0.1) is 16.4 Å². The highest BCUT2D eigenvalue weighted by molar-refractivity contribution is 7.15. The van der Waals surface area contributed by atoms with Crippen LogP contribution in [0.3, 0.4) is 0 Å². The van der Waals surface area contributed by atoms with E-state index < -0.39 is 0 Å². The number of hydrogen-bond acceptors (Lipinski definition) is 7. The first-order chi connectivity index (χ1) is 17.1. The van der Waals surface area contributed by atoms with Gasteiger partial charge in [0.05, 0.1) is 22.3 Å². The van der Waals surface area contributed by atoms with Crippen LogP contribution in [-0.4, -0.2) is 40.5 Å². The number of carbonyl (C=O) groups excluding carboxylic acids is 1. The van der Waals surface area contributed by atoms with Crippen LogP contribution >= 0.6 is 11.3 Å². The van der Waals surface area contributed by atoms with Gasteiger partial charge in [-0.05, 0) is 66.9 Å². The van der Waals surface area contributed by atoms with Crippen LogP contribution in [0.1, 0.15) is 57.5 Å². The third kappa shape index (κ3) is 3.99. The Morgan fingerprint density at radius 2 is 2.03 bits per heavy atom. The van der Waals surface area contributed by atoms with Crippen molar-refractivity contribution in [2.24, 2.45) is 0 Å². The maximum absolute atomic E-state index is 13.3. The normalized spacial score (nSPS) is 13.8. The van der Waals surface area contributed by atoms with Gasteiger partial charge in [0.15, 0.2) is 11.5 Å². The average Bonchev–Trinajstić information content (AvgIpc) is 3.56. The van der Waals surface area contributed by atoms with Gasteiger partial charge in [0.2, 0.25) is 0 Å². The number of imidazole rings is 1. The van der Waals surface area contributed by atoms with Crippen molar-refractivity contribution in [3.63, 3.8) is 0 Å². The molecule has 9 nitrogen and oxygen atoms in total. The van der Waals surface area contributed by atoms with Gasteiger partial charge in [-0.25, -0.2) is 4.98 Å². The number of tetrazole rings is 1. The molecule has 10 heteroatoms. The second-order valence-corrected chi connectivity index (χ2v) is 10.2. The summed E-state index contributed by atoms with van der Waals surface area (Å²) in [6.45, 7) is 4.40. The Hall–Kier alpha value is -3.92. The van der Waals surface area contributed by atoms with Gasteiger partial charge in [0.1, 0.15) is 5.69 Å². The zero-order valence-corrected chi connectivity index (χ0v) is 20.3. The molecule has 1 aliphatic rings. The van der Waals surface area contributed by atoms with Gasteiger partial charge in [-0.2, -0.15) is 4.68 Å². The number of aromatic nitrogens is 7. The quantitative estimate of drug-likeness (QED) is 0.387. The number of nitrogens with one attached hydrogen (secondary N) is 1. The summed E-state index contributed by atoms with van der Waals surface area (Å²) in [5, 5.41) is 15.6. The van der Waals surface area contributed by atoms with Gasteiger partial charge >= 0.3 is 0 Å². The predicted octanol–water partition coefficient (Wildman–Crippen LogP) is 4.25. The molecule has 35 heavy (non-hydrogen) atoms. The summed E-state index contributed by atoms with van der Waals surface area (Å²) in [6, 6.07) is 9.90. The van der Waals surface area contributed by atoms with Crippen LogP contribution in [0, 0.1) is 13.8 Å². The first kappa shape index (κ1) is 21.6. The maximum atomic E-state index is 13.3. The number of thiophene rings is 1. The number of pyridine rings is 2. The highest BCUT2D eigenvalue weighted by Gasteiger charge is 2.28. The van der Waals surface area contributed by atoms with Crippen molar-refractivity contribution < 1.29 is 4.79 Å². The Labute approximate surface area is 205 Å². The van der Waals surface area contributed by atoms with Crippen molar-refractivity contribution in [2.45, 2.75) is 45.6 Å². The molecule has 0 atom stereocenters. The third-order valence-corrected chi connectivity index (χ3v) is 7.48. The molecule has 0 bridgehead atoms. The number of rotatable bonds is 6. The van der Waals surface area contributed by atoms with Crippen molar-refractivity contribution in [1.82, 2.24) is 39.9 Å². The van der Waals surface area contributed by atoms with Gasteiger partial charge < -0.3 is 5.32 Å². The van der Waals surface area contributed by atoms with E-state index in [1.54, 1.807) is 22.2 Å². The Balaban J connectivity index is 1.43. The molecule has 1 fully saturated rings. The summed E-state index contributed by atoms with van der Waals surface area (Å²) >= 11 is 1.69. The Morgan fingerprint density at radius 1 is 1.14 bits per heavy atom. The van der Waals surface area contributed by atoms with Crippen LogP contribution in [0.2, 0.25) is 0 Å². The number of aryl methyl sites for hydroxylation is 2. The lowest BCUT2D eigenvalue weighted by Crippen LogP contribution is -2.24. The number of nitrogens with zero attached hydrogens (tertiary/aromatic N) is 7. The van der Waals surface area contributed by atoms with Crippen LogP contribution in [0.25, 0.3) is 21.9 Å². The molecule has 6 rings (SSSR count). The fourth-order valence-electron chi connectivity index (χ4n) is 4.28. The maximum Gasteiger partial charge on any atom is 0.253 e. The van der Waals surface area contributed by atoms with E-state index >= 15 is 0 Å². The van der Waals surface area contributed by atoms with Crippen molar-refractivity contribution in [1.29, 1.82) is 0 Å². The van der Waals surface area contributed by atoms with E-state index in [4.69, 9.17) is 4.98 Å². The van der Waals surface area contributed by atoms with Gasteiger partial charge in [-0.1, -0.05) is 12.5 Å². The lowest BCUT2D eigenvalue weighted by Gasteiger charge is -2.24. The smallest absolute Gasteiger partial charge is 0.253 e. The van der Waals surface area contributed by atoms with E-state index in [1.807, 2.05) is 41.9 Å². The largest absolute Gasteiger partial charge is 0.348 e. The molecule has 5 aromatic heterocycles. The second kappa shape index (κ2) is 8.70. The minimum atomic E-state index is -0.186. The van der Waals surface area contributed by atoms with Gasteiger partial charge in [0.25, 0.3) is 5.91 Å². The summed E-state index contributed by atoms with van der Waals surface area (Å²) in [5.74, 6) is 0.956. The second-order valence-electron chi connectivity index (χ2n) is 8.93. The van der Waals surface area contributed by atoms with Crippen molar-refractivity contribution in [3.05, 3.63) is 76.4 Å². The van der Waals surface area contributed by atoms with Crippen molar-refractivity contribution in [2.75, 3.05) is 0 Å². The van der Waals surface area contributed by atoms with Gasteiger partial charge in [-0.3, -0.25) is 14.2 Å². The number of fused-ring (bicyclic) bond motifs is 1. The Bertz CT molecular complexity index is 1530. The Morgan fingerprint density at radius 3 is 2.74 bits per heavy atom. The van der Waals surface area contributed by atoms with E-state index in [2.05, 4.69) is 44.9 Å². The molecule has 176 valence electrons. The van der Waals surface area contributed by atoms with E-state index in [1.165, 1.54) is 11.3 Å². The molecular weight excluding hydrogens is 460 g/mol. The average molecular weight is 485 g/mol. The monoisotopic (exact) mass is 484 g/mol. The molecule has 0 aliphatic heterocycles. The van der Waals surface area contributed by atoms with E-state index in [0.29, 0.717) is 29.4 Å². The zero-order chi connectivity index (χ0) is 23.9. The lowest BCUT2D eigenvalue weighted by molar-refractivity contribution is 0.0950. The summed E-state index contributed by atoms with van der Waals surface area (Å²) in [5.41, 5.74) is 4.72. The summed E-state index contributed by atoms with van der Waals surface area (Å²) < 4.78 is 3.71. The molecule has 5 heterocycles. The molecule has 1 amide bonds. The van der Waals surface area contributed by atoms with Crippen LogP contribution in [0.5, 0.6) is 0 Å². The van der Waals surface area contributed by atoms with Crippen molar-refractivity contribution >= 4 is 22.9 Å². The number of carbonyl (C=O) groups is 1. The minimum Gasteiger partial charge on any atom is -0.348 e. The fraction of sp³-hybridized carbons (Fsp3) is 0.280. The van der Waals surface area contributed by atoms with Crippen LogP contribution < -0.4 is 5.32 Å². The fourth-order valence-corrected chi connectivity index (χ4v) is 5.15. The molecule has 0 aromatic carbocycles. The highest BCUT2D eigenvalue weighted by atomic mass is 32.1. The summed E-state index contributed by atoms with van der Waals surface area (Å²) in [7, 11) is 0. The topological polar surface area (TPSA) is 103 Å². The van der Waals surface area contributed by atoms with E-state index in [-0.39, 0.29) is 5.91 Å². The molecule has 5 aromatic rings. The van der Waals surface area contributed by atoms with Gasteiger partial charge in [0, 0.05) is 35.4 Å².